The maximum atomic E-state index is 11.3. The van der Waals surface area contributed by atoms with Crippen LogP contribution in [0.5, 0.6) is 0 Å². The molecule has 1 radical (unpaired) electrons. The predicted octanol–water partition coefficient (Wildman–Crippen LogP) is 2.60. The van der Waals surface area contributed by atoms with Crippen LogP contribution >= 0.6 is 0 Å². The number of rotatable bonds is 1. The molecule has 0 bridgehead atoms. The molecule has 2 nitrogen and oxygen atoms in total. The fraction of sp³-hybridized carbons (Fsp3) is 0.700. The van der Waals surface area contributed by atoms with Gasteiger partial charge in [0.2, 0.25) is 0 Å². The number of carbonyl (C=O) groups is 1. The molecule has 0 heterocycles. The van der Waals surface area contributed by atoms with Crippen LogP contribution < -0.4 is 0 Å². The summed E-state index contributed by atoms with van der Waals surface area (Å²) >= 11 is 0. The van der Waals surface area contributed by atoms with E-state index in [1.54, 1.807) is 0 Å². The van der Waals surface area contributed by atoms with E-state index < -0.39 is 0 Å². The summed E-state index contributed by atoms with van der Waals surface area (Å²) in [6.45, 7) is 3.81. The van der Waals surface area contributed by atoms with E-state index in [0.717, 1.165) is 19.3 Å². The van der Waals surface area contributed by atoms with Gasteiger partial charge in [-0.15, -0.1) is 0 Å². The number of ketones is 1. The molecule has 13 heavy (non-hydrogen) atoms. The van der Waals surface area contributed by atoms with Crippen LogP contribution in [0.2, 0.25) is 0 Å². The number of hydrogen-bond acceptors (Lipinski definition) is 2. The molecular formula is C10H16CuO2. The van der Waals surface area contributed by atoms with Crippen LogP contribution in [0.4, 0.5) is 0 Å². The SMILES string of the molecule is CC(C)/C(O)=C1\CCCCC1=O.[Cu]. The summed E-state index contributed by atoms with van der Waals surface area (Å²) in [6, 6.07) is 0. The van der Waals surface area contributed by atoms with Gasteiger partial charge in [0.1, 0.15) is 5.76 Å². The predicted molar refractivity (Wildman–Crippen MR) is 48.0 cm³/mol. The summed E-state index contributed by atoms with van der Waals surface area (Å²) in [6.07, 6.45) is 3.40. The first-order chi connectivity index (χ1) is 5.63. The summed E-state index contributed by atoms with van der Waals surface area (Å²) < 4.78 is 0. The second-order valence-electron chi connectivity index (χ2n) is 3.65. The van der Waals surface area contributed by atoms with E-state index in [2.05, 4.69) is 0 Å². The number of aliphatic hydroxyl groups excluding tert-OH is 1. The molecule has 1 aliphatic carbocycles. The van der Waals surface area contributed by atoms with Gasteiger partial charge in [0.05, 0.1) is 0 Å². The monoisotopic (exact) mass is 231 g/mol. The number of carbonyl (C=O) groups excluding carboxylic acids is 1. The van der Waals surface area contributed by atoms with Gasteiger partial charge >= 0.3 is 0 Å². The Morgan fingerprint density at radius 1 is 1.31 bits per heavy atom. The minimum Gasteiger partial charge on any atom is -0.512 e. The molecule has 0 atom stereocenters. The van der Waals surface area contributed by atoms with Gasteiger partial charge in [0.25, 0.3) is 0 Å². The van der Waals surface area contributed by atoms with Crippen LogP contribution in [0.25, 0.3) is 0 Å². The fourth-order valence-electron chi connectivity index (χ4n) is 1.50. The zero-order valence-corrected chi connectivity index (χ0v) is 9.00. The van der Waals surface area contributed by atoms with E-state index in [-0.39, 0.29) is 28.8 Å². The van der Waals surface area contributed by atoms with Gasteiger partial charge in [0, 0.05) is 35.0 Å². The van der Waals surface area contributed by atoms with E-state index in [0.29, 0.717) is 17.8 Å². The molecule has 0 spiro atoms. The zero-order chi connectivity index (χ0) is 9.14. The zero-order valence-electron chi connectivity index (χ0n) is 8.06. The summed E-state index contributed by atoms with van der Waals surface area (Å²) in [7, 11) is 0. The van der Waals surface area contributed by atoms with Crippen molar-refractivity contribution < 1.29 is 27.0 Å². The Bertz CT molecular complexity index is 219. The van der Waals surface area contributed by atoms with Crippen molar-refractivity contribution in [1.29, 1.82) is 0 Å². The average molecular weight is 232 g/mol. The van der Waals surface area contributed by atoms with Crippen molar-refractivity contribution in [2.75, 3.05) is 0 Å². The summed E-state index contributed by atoms with van der Waals surface area (Å²) in [5.74, 6) is 0.536. The second kappa shape index (κ2) is 5.46. The molecule has 0 unspecified atom stereocenters. The minimum atomic E-state index is 0. The summed E-state index contributed by atoms with van der Waals surface area (Å²) in [5, 5.41) is 9.58. The van der Waals surface area contributed by atoms with Crippen LogP contribution in [-0.4, -0.2) is 10.9 Å². The van der Waals surface area contributed by atoms with Crippen LogP contribution in [-0.2, 0) is 21.9 Å². The maximum Gasteiger partial charge on any atom is 0.162 e. The van der Waals surface area contributed by atoms with Gasteiger partial charge in [-0.1, -0.05) is 13.8 Å². The standard InChI is InChI=1S/C10H16O2.Cu/c1-7(2)10(12)8-5-3-4-6-9(8)11;/h7,12H,3-6H2,1-2H3;/b10-8-;. The van der Waals surface area contributed by atoms with Crippen molar-refractivity contribution in [2.45, 2.75) is 39.5 Å². The third-order valence-electron chi connectivity index (χ3n) is 2.27. The van der Waals surface area contributed by atoms with E-state index in [1.807, 2.05) is 13.8 Å². The van der Waals surface area contributed by atoms with Crippen LogP contribution in [0.1, 0.15) is 39.5 Å². The Morgan fingerprint density at radius 3 is 2.31 bits per heavy atom. The number of hydrogen-bond donors (Lipinski definition) is 1. The van der Waals surface area contributed by atoms with E-state index in [1.165, 1.54) is 0 Å². The largest absolute Gasteiger partial charge is 0.512 e. The van der Waals surface area contributed by atoms with Crippen LogP contribution in [0.3, 0.4) is 0 Å². The molecule has 1 fully saturated rings. The average Bonchev–Trinajstić information content (AvgIpc) is 2.04. The van der Waals surface area contributed by atoms with Gasteiger partial charge in [-0.2, -0.15) is 0 Å². The molecule has 0 saturated heterocycles. The van der Waals surface area contributed by atoms with Crippen molar-refractivity contribution in [3.05, 3.63) is 11.3 Å². The van der Waals surface area contributed by atoms with Crippen molar-refractivity contribution in [3.63, 3.8) is 0 Å². The van der Waals surface area contributed by atoms with Gasteiger partial charge in [-0.05, 0) is 19.3 Å². The van der Waals surface area contributed by atoms with Crippen molar-refractivity contribution in [1.82, 2.24) is 0 Å². The van der Waals surface area contributed by atoms with E-state index in [9.17, 15) is 9.90 Å². The number of aliphatic hydroxyl groups is 1. The van der Waals surface area contributed by atoms with Gasteiger partial charge < -0.3 is 5.11 Å². The molecule has 1 saturated carbocycles. The Morgan fingerprint density at radius 2 is 1.85 bits per heavy atom. The van der Waals surface area contributed by atoms with Crippen molar-refractivity contribution >= 4 is 5.78 Å². The van der Waals surface area contributed by atoms with Crippen LogP contribution in [0.15, 0.2) is 11.3 Å². The second-order valence-corrected chi connectivity index (χ2v) is 3.65. The first-order valence-electron chi connectivity index (χ1n) is 4.58. The third kappa shape index (κ3) is 3.17. The number of Topliss-reactive ketones (excluding diaryl/α,β-unsaturated/α-hetero) is 1. The van der Waals surface area contributed by atoms with Crippen molar-refractivity contribution in [2.24, 2.45) is 5.92 Å². The van der Waals surface area contributed by atoms with Gasteiger partial charge in [-0.25, -0.2) is 0 Å². The van der Waals surface area contributed by atoms with Gasteiger partial charge in [0.15, 0.2) is 5.78 Å². The first-order valence-corrected chi connectivity index (χ1v) is 4.58. The summed E-state index contributed by atoms with van der Waals surface area (Å²) in [5.41, 5.74) is 0.677. The molecule has 1 N–H and O–H groups in total. The van der Waals surface area contributed by atoms with E-state index in [4.69, 9.17) is 0 Å². The topological polar surface area (TPSA) is 37.3 Å². The van der Waals surface area contributed by atoms with Crippen LogP contribution in [0, 0.1) is 5.92 Å². The molecule has 0 amide bonds. The molecule has 0 aliphatic heterocycles. The molecule has 1 rings (SSSR count). The van der Waals surface area contributed by atoms with E-state index >= 15 is 0 Å². The fourth-order valence-corrected chi connectivity index (χ4v) is 1.50. The molecular weight excluding hydrogens is 216 g/mol. The van der Waals surface area contributed by atoms with Gasteiger partial charge in [-0.3, -0.25) is 4.79 Å². The molecule has 1 aliphatic rings. The molecule has 0 aromatic carbocycles. The molecule has 79 valence electrons. The first kappa shape index (κ1) is 12.7. The molecule has 0 aromatic heterocycles. The maximum absolute atomic E-state index is 11.3. The Kier molecular flexibility index (Phi) is 5.34. The quantitative estimate of drug-likeness (QED) is 0.428. The Balaban J connectivity index is 0.00000144. The third-order valence-corrected chi connectivity index (χ3v) is 2.27. The Hall–Kier alpha value is -0.271. The minimum absolute atomic E-state index is 0. The summed E-state index contributed by atoms with van der Waals surface area (Å²) in [4.78, 5) is 11.3. The normalized spacial score (nSPS) is 21.3. The smallest absolute Gasteiger partial charge is 0.162 e. The van der Waals surface area contributed by atoms with Crippen molar-refractivity contribution in [3.8, 4) is 0 Å². The molecule has 0 aromatic rings. The number of allylic oxidation sites excluding steroid dienone is 2. The molecule has 3 heteroatoms. The Labute approximate surface area is 89.9 Å².